The van der Waals surface area contributed by atoms with Crippen molar-refractivity contribution in [2.45, 2.75) is 6.92 Å². The smallest absolute Gasteiger partial charge is 0.256 e. The monoisotopic (exact) mass is 285 g/mol. The van der Waals surface area contributed by atoms with Gasteiger partial charge in [-0.25, -0.2) is 8.78 Å². The molecule has 1 aromatic rings. The SMILES string of the molecule is CCN(CC(=O)N(C)C)C(=O)c1cc(F)c(F)cc1N. The predicted molar refractivity (Wildman–Crippen MR) is 71.0 cm³/mol. The molecule has 0 aliphatic heterocycles. The van der Waals surface area contributed by atoms with Crippen LogP contribution in [-0.2, 0) is 4.79 Å². The first-order valence-corrected chi connectivity index (χ1v) is 6.01. The minimum Gasteiger partial charge on any atom is -0.398 e. The van der Waals surface area contributed by atoms with Gasteiger partial charge in [0, 0.05) is 32.4 Å². The summed E-state index contributed by atoms with van der Waals surface area (Å²) in [6.45, 7) is 1.77. The summed E-state index contributed by atoms with van der Waals surface area (Å²) in [5.41, 5.74) is 5.21. The number of nitrogens with zero attached hydrogens (tertiary/aromatic N) is 2. The highest BCUT2D eigenvalue weighted by Crippen LogP contribution is 2.19. The van der Waals surface area contributed by atoms with Gasteiger partial charge in [0.05, 0.1) is 12.1 Å². The van der Waals surface area contributed by atoms with Gasteiger partial charge in [-0.2, -0.15) is 0 Å². The fourth-order valence-electron chi connectivity index (χ4n) is 1.55. The summed E-state index contributed by atoms with van der Waals surface area (Å²) >= 11 is 0. The van der Waals surface area contributed by atoms with Gasteiger partial charge >= 0.3 is 0 Å². The zero-order valence-electron chi connectivity index (χ0n) is 11.6. The molecule has 0 fully saturated rings. The summed E-state index contributed by atoms with van der Waals surface area (Å²) in [7, 11) is 3.12. The van der Waals surface area contributed by atoms with Crippen LogP contribution >= 0.6 is 0 Å². The third-order valence-corrected chi connectivity index (χ3v) is 2.82. The molecule has 0 radical (unpaired) electrons. The van der Waals surface area contributed by atoms with Gasteiger partial charge in [0.2, 0.25) is 5.91 Å². The van der Waals surface area contributed by atoms with Crippen molar-refractivity contribution in [2.24, 2.45) is 0 Å². The second-order valence-electron chi connectivity index (χ2n) is 4.46. The van der Waals surface area contributed by atoms with Crippen molar-refractivity contribution in [1.82, 2.24) is 9.80 Å². The molecular formula is C13H17F2N3O2. The number of nitrogens with two attached hydrogens (primary N) is 1. The van der Waals surface area contributed by atoms with Crippen LogP contribution in [0.2, 0.25) is 0 Å². The Balaban J connectivity index is 3.03. The number of hydrogen-bond donors (Lipinski definition) is 1. The lowest BCUT2D eigenvalue weighted by molar-refractivity contribution is -0.129. The number of nitrogen functional groups attached to an aromatic ring is 1. The number of likely N-dealkylation sites (N-methyl/N-ethyl adjacent to an activating group) is 2. The third kappa shape index (κ3) is 3.43. The van der Waals surface area contributed by atoms with Gasteiger partial charge in [-0.15, -0.1) is 0 Å². The van der Waals surface area contributed by atoms with E-state index >= 15 is 0 Å². The Labute approximate surface area is 115 Å². The number of amides is 2. The van der Waals surface area contributed by atoms with E-state index in [9.17, 15) is 18.4 Å². The number of rotatable bonds is 4. The molecule has 0 atom stereocenters. The lowest BCUT2D eigenvalue weighted by Gasteiger charge is -2.23. The molecule has 0 aromatic heterocycles. The van der Waals surface area contributed by atoms with E-state index in [1.165, 1.54) is 9.80 Å². The summed E-state index contributed by atoms with van der Waals surface area (Å²) in [6.07, 6.45) is 0. The van der Waals surface area contributed by atoms with Crippen molar-refractivity contribution in [3.8, 4) is 0 Å². The van der Waals surface area contributed by atoms with Crippen molar-refractivity contribution in [1.29, 1.82) is 0 Å². The van der Waals surface area contributed by atoms with Crippen LogP contribution in [0.5, 0.6) is 0 Å². The Bertz CT molecular complexity index is 533. The molecule has 0 saturated carbocycles. The third-order valence-electron chi connectivity index (χ3n) is 2.82. The van der Waals surface area contributed by atoms with E-state index in [2.05, 4.69) is 0 Å². The molecule has 0 aliphatic carbocycles. The second kappa shape index (κ2) is 6.31. The lowest BCUT2D eigenvalue weighted by atomic mass is 10.1. The molecule has 110 valence electrons. The van der Waals surface area contributed by atoms with Gasteiger partial charge in [-0.05, 0) is 13.0 Å². The first-order valence-electron chi connectivity index (χ1n) is 6.01. The maximum atomic E-state index is 13.2. The maximum absolute atomic E-state index is 13.2. The van der Waals surface area contributed by atoms with Crippen LogP contribution in [-0.4, -0.2) is 48.8 Å². The van der Waals surface area contributed by atoms with Crippen molar-refractivity contribution in [3.63, 3.8) is 0 Å². The maximum Gasteiger partial charge on any atom is 0.256 e. The van der Waals surface area contributed by atoms with Crippen LogP contribution in [0.15, 0.2) is 12.1 Å². The Kier molecular flexibility index (Phi) is 5.01. The molecule has 2 N–H and O–H groups in total. The molecule has 2 amide bonds. The van der Waals surface area contributed by atoms with Crippen LogP contribution in [0.1, 0.15) is 17.3 Å². The zero-order valence-corrected chi connectivity index (χ0v) is 11.6. The first-order chi connectivity index (χ1) is 9.27. The number of anilines is 1. The summed E-state index contributed by atoms with van der Waals surface area (Å²) in [5, 5.41) is 0. The fourth-order valence-corrected chi connectivity index (χ4v) is 1.55. The highest BCUT2D eigenvalue weighted by atomic mass is 19.2. The molecule has 20 heavy (non-hydrogen) atoms. The minimum absolute atomic E-state index is 0.152. The van der Waals surface area contributed by atoms with Crippen LogP contribution in [0, 0.1) is 11.6 Å². The van der Waals surface area contributed by atoms with Crippen LogP contribution in [0.4, 0.5) is 14.5 Å². The summed E-state index contributed by atoms with van der Waals surface area (Å²) < 4.78 is 26.2. The van der Waals surface area contributed by atoms with E-state index in [0.29, 0.717) is 0 Å². The Morgan fingerprint density at radius 3 is 2.25 bits per heavy atom. The number of hydrogen-bond acceptors (Lipinski definition) is 3. The summed E-state index contributed by atoms with van der Waals surface area (Å²) in [5.74, 6) is -3.16. The van der Waals surface area contributed by atoms with E-state index in [4.69, 9.17) is 5.73 Å². The molecule has 1 rings (SSSR count). The zero-order chi connectivity index (χ0) is 15.4. The quantitative estimate of drug-likeness (QED) is 0.842. The Morgan fingerprint density at radius 2 is 1.75 bits per heavy atom. The van der Waals surface area contributed by atoms with E-state index in [1.807, 2.05) is 0 Å². The van der Waals surface area contributed by atoms with Gasteiger partial charge < -0.3 is 15.5 Å². The molecule has 0 spiro atoms. The molecule has 0 saturated heterocycles. The standard InChI is InChI=1S/C13H17F2N3O2/c1-4-18(7-12(19)17(2)3)13(20)8-5-9(14)10(15)6-11(8)16/h5-6H,4,7,16H2,1-3H3. The highest BCUT2D eigenvalue weighted by Gasteiger charge is 2.21. The predicted octanol–water partition coefficient (Wildman–Crippen LogP) is 1.10. The van der Waals surface area contributed by atoms with E-state index in [1.54, 1.807) is 21.0 Å². The normalized spacial score (nSPS) is 10.2. The van der Waals surface area contributed by atoms with Crippen molar-refractivity contribution >= 4 is 17.5 Å². The lowest BCUT2D eigenvalue weighted by Crippen LogP contribution is -2.40. The summed E-state index contributed by atoms with van der Waals surface area (Å²) in [6, 6.07) is 1.50. The molecule has 0 unspecified atom stereocenters. The first kappa shape index (κ1) is 15.9. The molecule has 0 aliphatic rings. The molecular weight excluding hydrogens is 268 g/mol. The molecule has 7 heteroatoms. The average molecular weight is 285 g/mol. The molecule has 1 aromatic carbocycles. The largest absolute Gasteiger partial charge is 0.398 e. The van der Waals surface area contributed by atoms with Gasteiger partial charge in [0.1, 0.15) is 0 Å². The van der Waals surface area contributed by atoms with Gasteiger partial charge in [0.25, 0.3) is 5.91 Å². The average Bonchev–Trinajstić information content (AvgIpc) is 2.38. The fraction of sp³-hybridized carbons (Fsp3) is 0.385. The van der Waals surface area contributed by atoms with Crippen LogP contribution in [0.25, 0.3) is 0 Å². The van der Waals surface area contributed by atoms with E-state index in [-0.39, 0.29) is 30.2 Å². The summed E-state index contributed by atoms with van der Waals surface area (Å²) in [4.78, 5) is 26.4. The molecule has 0 bridgehead atoms. The second-order valence-corrected chi connectivity index (χ2v) is 4.46. The number of carbonyl (C=O) groups is 2. The number of carbonyl (C=O) groups excluding carboxylic acids is 2. The topological polar surface area (TPSA) is 66.6 Å². The van der Waals surface area contributed by atoms with Crippen LogP contribution in [0.3, 0.4) is 0 Å². The minimum atomic E-state index is -1.16. The van der Waals surface area contributed by atoms with Crippen molar-refractivity contribution < 1.29 is 18.4 Å². The van der Waals surface area contributed by atoms with Gasteiger partial charge in [0.15, 0.2) is 11.6 Å². The van der Waals surface area contributed by atoms with E-state index in [0.717, 1.165) is 12.1 Å². The van der Waals surface area contributed by atoms with Gasteiger partial charge in [-0.1, -0.05) is 0 Å². The van der Waals surface area contributed by atoms with E-state index < -0.39 is 17.5 Å². The number of benzene rings is 1. The van der Waals surface area contributed by atoms with Crippen LogP contribution < -0.4 is 5.73 Å². The Hall–Kier alpha value is -2.18. The van der Waals surface area contributed by atoms with Crippen molar-refractivity contribution in [3.05, 3.63) is 29.3 Å². The Morgan fingerprint density at radius 1 is 1.20 bits per heavy atom. The molecule has 0 heterocycles. The number of halogens is 2. The molecule has 5 nitrogen and oxygen atoms in total. The van der Waals surface area contributed by atoms with Crippen molar-refractivity contribution in [2.75, 3.05) is 32.9 Å². The van der Waals surface area contributed by atoms with Gasteiger partial charge in [-0.3, -0.25) is 9.59 Å². The highest BCUT2D eigenvalue weighted by molar-refractivity contribution is 6.00.